The van der Waals surface area contributed by atoms with Gasteiger partial charge in [0.15, 0.2) is 5.82 Å². The van der Waals surface area contributed by atoms with Gasteiger partial charge in [-0.05, 0) is 49.7 Å². The molecule has 2 heterocycles. The van der Waals surface area contributed by atoms with Gasteiger partial charge in [0.1, 0.15) is 5.75 Å². The molecule has 7 nitrogen and oxygen atoms in total. The molecule has 0 aliphatic carbocycles. The van der Waals surface area contributed by atoms with E-state index in [1.165, 1.54) is 0 Å². The van der Waals surface area contributed by atoms with Crippen molar-refractivity contribution in [2.24, 2.45) is 0 Å². The minimum absolute atomic E-state index is 0.0610. The Morgan fingerprint density at radius 3 is 2.66 bits per heavy atom. The molecule has 1 atom stereocenters. The number of nitrogens with zero attached hydrogens (tertiary/aromatic N) is 3. The van der Waals surface area contributed by atoms with Gasteiger partial charge < -0.3 is 19.5 Å². The molecule has 0 saturated heterocycles. The SMILES string of the molecule is CCN1CCn2c(nc3cc(C(=O)N[C@@H](C)c4ccc(OC)cc4)ccc32)C1=O. The van der Waals surface area contributed by atoms with Crippen molar-refractivity contribution in [2.45, 2.75) is 26.4 Å². The molecule has 0 unspecified atom stereocenters. The van der Waals surface area contributed by atoms with E-state index in [1.807, 2.05) is 48.7 Å². The summed E-state index contributed by atoms with van der Waals surface area (Å²) in [6.07, 6.45) is 0. The summed E-state index contributed by atoms with van der Waals surface area (Å²) in [4.78, 5) is 31.6. The van der Waals surface area contributed by atoms with Gasteiger partial charge in [-0.15, -0.1) is 0 Å². The van der Waals surface area contributed by atoms with Crippen LogP contribution in [0.25, 0.3) is 11.0 Å². The van der Waals surface area contributed by atoms with Gasteiger partial charge in [0.2, 0.25) is 0 Å². The average molecular weight is 392 g/mol. The maximum Gasteiger partial charge on any atom is 0.289 e. The fraction of sp³-hybridized carbons (Fsp3) is 0.318. The van der Waals surface area contributed by atoms with Crippen LogP contribution in [0.1, 0.15) is 46.4 Å². The molecule has 0 saturated carbocycles. The van der Waals surface area contributed by atoms with Crippen LogP contribution < -0.4 is 10.1 Å². The first-order valence-corrected chi connectivity index (χ1v) is 9.76. The molecule has 1 aromatic heterocycles. The summed E-state index contributed by atoms with van der Waals surface area (Å²) in [5.74, 6) is 0.978. The number of carbonyl (C=O) groups excluding carboxylic acids is 2. The van der Waals surface area contributed by atoms with Crippen molar-refractivity contribution < 1.29 is 14.3 Å². The van der Waals surface area contributed by atoms with E-state index in [-0.39, 0.29) is 17.9 Å². The fourth-order valence-corrected chi connectivity index (χ4v) is 3.68. The molecule has 2 amide bonds. The van der Waals surface area contributed by atoms with Gasteiger partial charge in [-0.3, -0.25) is 9.59 Å². The largest absolute Gasteiger partial charge is 0.497 e. The third-order valence-electron chi connectivity index (χ3n) is 5.43. The van der Waals surface area contributed by atoms with E-state index in [9.17, 15) is 9.59 Å². The van der Waals surface area contributed by atoms with Gasteiger partial charge in [-0.1, -0.05) is 12.1 Å². The molecule has 0 radical (unpaired) electrons. The van der Waals surface area contributed by atoms with Crippen LogP contribution in [0.2, 0.25) is 0 Å². The second-order valence-electron chi connectivity index (χ2n) is 7.14. The number of carbonyl (C=O) groups is 2. The molecular weight excluding hydrogens is 368 g/mol. The highest BCUT2D eigenvalue weighted by Crippen LogP contribution is 2.23. The minimum atomic E-state index is -0.178. The molecule has 29 heavy (non-hydrogen) atoms. The van der Waals surface area contributed by atoms with E-state index in [0.717, 1.165) is 16.8 Å². The van der Waals surface area contributed by atoms with Gasteiger partial charge in [0, 0.05) is 25.2 Å². The van der Waals surface area contributed by atoms with Crippen LogP contribution in [0.3, 0.4) is 0 Å². The summed E-state index contributed by atoms with van der Waals surface area (Å²) in [6.45, 7) is 5.95. The van der Waals surface area contributed by atoms with Crippen molar-refractivity contribution >= 4 is 22.8 Å². The summed E-state index contributed by atoms with van der Waals surface area (Å²) in [5.41, 5.74) is 3.05. The summed E-state index contributed by atoms with van der Waals surface area (Å²) >= 11 is 0. The first kappa shape index (κ1) is 19.0. The third-order valence-corrected chi connectivity index (χ3v) is 5.43. The van der Waals surface area contributed by atoms with Crippen molar-refractivity contribution in [1.29, 1.82) is 0 Å². The van der Waals surface area contributed by atoms with Crippen LogP contribution in [0.15, 0.2) is 42.5 Å². The average Bonchev–Trinajstić information content (AvgIpc) is 3.12. The number of hydrogen-bond acceptors (Lipinski definition) is 4. The number of amides is 2. The van der Waals surface area contributed by atoms with E-state index < -0.39 is 0 Å². The maximum absolute atomic E-state index is 12.8. The van der Waals surface area contributed by atoms with Gasteiger partial charge >= 0.3 is 0 Å². The predicted molar refractivity (Wildman–Crippen MR) is 110 cm³/mol. The Balaban J connectivity index is 1.56. The number of methoxy groups -OCH3 is 1. The molecule has 1 aliphatic rings. The molecular formula is C22H24N4O3. The van der Waals surface area contributed by atoms with Crippen LogP contribution >= 0.6 is 0 Å². The second-order valence-corrected chi connectivity index (χ2v) is 7.14. The van der Waals surface area contributed by atoms with Gasteiger partial charge in [-0.2, -0.15) is 0 Å². The number of nitrogens with one attached hydrogen (secondary N) is 1. The van der Waals surface area contributed by atoms with E-state index in [0.29, 0.717) is 36.5 Å². The van der Waals surface area contributed by atoms with Crippen molar-refractivity contribution in [1.82, 2.24) is 19.8 Å². The topological polar surface area (TPSA) is 76.5 Å². The second kappa shape index (κ2) is 7.58. The van der Waals surface area contributed by atoms with Crippen LogP contribution in [0, 0.1) is 0 Å². The Bertz CT molecular complexity index is 1070. The van der Waals surface area contributed by atoms with Gasteiger partial charge in [-0.25, -0.2) is 4.98 Å². The maximum atomic E-state index is 12.8. The predicted octanol–water partition coefficient (Wildman–Crippen LogP) is 3.01. The quantitative estimate of drug-likeness (QED) is 0.724. The molecule has 1 N–H and O–H groups in total. The van der Waals surface area contributed by atoms with Crippen molar-refractivity contribution in [3.8, 4) is 5.75 Å². The molecule has 0 bridgehead atoms. The summed E-state index contributed by atoms with van der Waals surface area (Å²) in [6, 6.07) is 12.9. The van der Waals surface area contributed by atoms with Crippen LogP contribution in [0.5, 0.6) is 5.75 Å². The Hall–Kier alpha value is -3.35. The molecule has 4 rings (SSSR count). The standard InChI is InChI=1S/C22H24N4O3/c1-4-25-11-12-26-19-10-7-16(13-18(19)24-20(26)22(25)28)21(27)23-14(2)15-5-8-17(29-3)9-6-15/h5-10,13-14H,4,11-12H2,1-3H3,(H,23,27)/t14-/m0/s1. The van der Waals surface area contributed by atoms with E-state index in [4.69, 9.17) is 4.74 Å². The summed E-state index contributed by atoms with van der Waals surface area (Å²) < 4.78 is 7.11. The number of hydrogen-bond donors (Lipinski definition) is 1. The number of likely N-dealkylation sites (N-methyl/N-ethyl adjacent to an activating group) is 1. The van der Waals surface area contributed by atoms with E-state index >= 15 is 0 Å². The highest BCUT2D eigenvalue weighted by molar-refractivity contribution is 6.00. The van der Waals surface area contributed by atoms with E-state index in [1.54, 1.807) is 24.1 Å². The number of imidazole rings is 1. The lowest BCUT2D eigenvalue weighted by Gasteiger charge is -2.26. The zero-order valence-corrected chi connectivity index (χ0v) is 16.8. The Kier molecular flexibility index (Phi) is 4.96. The highest BCUT2D eigenvalue weighted by Gasteiger charge is 2.27. The molecule has 2 aromatic carbocycles. The number of aromatic nitrogens is 2. The summed E-state index contributed by atoms with van der Waals surface area (Å²) in [7, 11) is 1.62. The van der Waals surface area contributed by atoms with Crippen molar-refractivity contribution in [3.63, 3.8) is 0 Å². The normalized spacial score (nSPS) is 14.6. The number of benzene rings is 2. The molecule has 0 fully saturated rings. The first-order valence-electron chi connectivity index (χ1n) is 9.76. The molecule has 150 valence electrons. The zero-order chi connectivity index (χ0) is 20.5. The number of ether oxygens (including phenoxy) is 1. The molecule has 3 aromatic rings. The summed E-state index contributed by atoms with van der Waals surface area (Å²) in [5, 5.41) is 3.01. The Labute approximate surface area is 169 Å². The number of fused-ring (bicyclic) bond motifs is 3. The zero-order valence-electron chi connectivity index (χ0n) is 16.8. The smallest absolute Gasteiger partial charge is 0.289 e. The minimum Gasteiger partial charge on any atom is -0.497 e. The third kappa shape index (κ3) is 3.44. The van der Waals surface area contributed by atoms with Crippen LogP contribution in [-0.2, 0) is 6.54 Å². The lowest BCUT2D eigenvalue weighted by Crippen LogP contribution is -2.40. The monoisotopic (exact) mass is 392 g/mol. The van der Waals surface area contributed by atoms with Crippen LogP contribution in [-0.4, -0.2) is 46.5 Å². The van der Waals surface area contributed by atoms with E-state index in [2.05, 4.69) is 10.3 Å². The Morgan fingerprint density at radius 2 is 1.97 bits per heavy atom. The van der Waals surface area contributed by atoms with Crippen LogP contribution in [0.4, 0.5) is 0 Å². The van der Waals surface area contributed by atoms with Gasteiger partial charge in [0.05, 0.1) is 24.2 Å². The number of rotatable bonds is 5. The lowest BCUT2D eigenvalue weighted by atomic mass is 10.1. The van der Waals surface area contributed by atoms with Gasteiger partial charge in [0.25, 0.3) is 11.8 Å². The molecule has 0 spiro atoms. The lowest BCUT2D eigenvalue weighted by molar-refractivity contribution is 0.0709. The Morgan fingerprint density at radius 1 is 1.21 bits per heavy atom. The van der Waals surface area contributed by atoms with Crippen molar-refractivity contribution in [3.05, 3.63) is 59.4 Å². The molecule has 7 heteroatoms. The first-order chi connectivity index (χ1) is 14.0. The van der Waals surface area contributed by atoms with Crippen molar-refractivity contribution in [2.75, 3.05) is 20.2 Å². The highest BCUT2D eigenvalue weighted by atomic mass is 16.5. The molecule has 1 aliphatic heterocycles. The fourth-order valence-electron chi connectivity index (χ4n) is 3.68.